The van der Waals surface area contributed by atoms with Gasteiger partial charge in [0.2, 0.25) is 0 Å². The largest absolute Gasteiger partial charge is 0.392 e. The second kappa shape index (κ2) is 4.74. The van der Waals surface area contributed by atoms with Crippen LogP contribution in [0.5, 0.6) is 0 Å². The number of benzene rings is 1. The number of aliphatic hydroxyl groups is 1. The minimum Gasteiger partial charge on any atom is -0.392 e. The first kappa shape index (κ1) is 12.2. The molecule has 3 nitrogen and oxygen atoms in total. The molecular weight excluding hydrogens is 248 g/mol. The summed E-state index contributed by atoms with van der Waals surface area (Å²) in [5, 5.41) is 10.7. The summed E-state index contributed by atoms with van der Waals surface area (Å²) in [4.78, 5) is 7.22. The molecule has 0 bridgehead atoms. The topological polar surface area (TPSA) is 36.4 Å². The van der Waals surface area contributed by atoms with Crippen molar-refractivity contribution in [1.82, 2.24) is 4.98 Å². The molecule has 20 heavy (non-hydrogen) atoms. The van der Waals surface area contributed by atoms with Crippen molar-refractivity contribution in [3.63, 3.8) is 0 Å². The Balaban J connectivity index is 1.73. The highest BCUT2D eigenvalue weighted by Gasteiger charge is 2.36. The molecule has 2 aliphatic rings. The second-order valence-corrected chi connectivity index (χ2v) is 6.17. The van der Waals surface area contributed by atoms with Crippen LogP contribution < -0.4 is 4.90 Å². The summed E-state index contributed by atoms with van der Waals surface area (Å²) < 4.78 is 0. The van der Waals surface area contributed by atoms with E-state index in [0.717, 1.165) is 47.2 Å². The van der Waals surface area contributed by atoms with Crippen molar-refractivity contribution in [2.45, 2.75) is 25.9 Å². The van der Waals surface area contributed by atoms with Crippen LogP contribution in [0.15, 0.2) is 30.3 Å². The molecule has 0 radical (unpaired) electrons. The van der Waals surface area contributed by atoms with Crippen LogP contribution in [0, 0.1) is 11.8 Å². The fraction of sp³-hybridized carbons (Fsp3) is 0.471. The molecule has 4 rings (SSSR count). The molecule has 1 N–H and O–H groups in total. The van der Waals surface area contributed by atoms with Gasteiger partial charge in [-0.3, -0.25) is 0 Å². The fourth-order valence-electron chi connectivity index (χ4n) is 3.95. The Labute approximate surface area is 119 Å². The predicted molar refractivity (Wildman–Crippen MR) is 80.7 cm³/mol. The van der Waals surface area contributed by atoms with E-state index < -0.39 is 0 Å². The summed E-state index contributed by atoms with van der Waals surface area (Å²) in [6, 6.07) is 10.2. The van der Waals surface area contributed by atoms with E-state index in [1.54, 1.807) is 0 Å². The molecule has 1 aliphatic carbocycles. The molecule has 2 fully saturated rings. The molecule has 1 aromatic carbocycles. The van der Waals surface area contributed by atoms with Crippen molar-refractivity contribution >= 4 is 16.7 Å². The number of rotatable bonds is 2. The van der Waals surface area contributed by atoms with Gasteiger partial charge in [-0.05, 0) is 42.4 Å². The highest BCUT2D eigenvalue weighted by molar-refractivity contribution is 5.84. The van der Waals surface area contributed by atoms with E-state index in [2.05, 4.69) is 11.0 Å². The highest BCUT2D eigenvalue weighted by Crippen LogP contribution is 2.39. The fourth-order valence-corrected chi connectivity index (χ4v) is 3.95. The number of nitrogens with zero attached hydrogens (tertiary/aromatic N) is 2. The molecule has 2 atom stereocenters. The maximum absolute atomic E-state index is 9.62. The molecule has 2 unspecified atom stereocenters. The smallest absolute Gasteiger partial charge is 0.129 e. The van der Waals surface area contributed by atoms with Crippen LogP contribution in [-0.4, -0.2) is 23.2 Å². The van der Waals surface area contributed by atoms with Gasteiger partial charge in [-0.1, -0.05) is 24.6 Å². The molecule has 2 heterocycles. The maximum atomic E-state index is 9.62. The lowest BCUT2D eigenvalue weighted by Gasteiger charge is -2.20. The predicted octanol–water partition coefficient (Wildman–Crippen LogP) is 2.96. The highest BCUT2D eigenvalue weighted by atomic mass is 16.3. The first-order chi connectivity index (χ1) is 9.85. The average Bonchev–Trinajstić information content (AvgIpc) is 3.07. The van der Waals surface area contributed by atoms with Crippen molar-refractivity contribution in [3.05, 3.63) is 35.9 Å². The molecule has 1 saturated carbocycles. The van der Waals surface area contributed by atoms with Crippen LogP contribution in [0.25, 0.3) is 10.9 Å². The number of anilines is 1. The minimum atomic E-state index is 0.0801. The maximum Gasteiger partial charge on any atom is 0.129 e. The van der Waals surface area contributed by atoms with Crippen LogP contribution in [0.1, 0.15) is 24.8 Å². The van der Waals surface area contributed by atoms with E-state index in [-0.39, 0.29) is 6.61 Å². The zero-order chi connectivity index (χ0) is 13.5. The number of aromatic nitrogens is 1. The Kier molecular flexibility index (Phi) is 2.88. The minimum absolute atomic E-state index is 0.0801. The van der Waals surface area contributed by atoms with E-state index in [4.69, 9.17) is 4.98 Å². The van der Waals surface area contributed by atoms with E-state index in [9.17, 15) is 5.11 Å². The van der Waals surface area contributed by atoms with Crippen molar-refractivity contribution in [1.29, 1.82) is 0 Å². The number of fused-ring (bicyclic) bond motifs is 2. The summed E-state index contributed by atoms with van der Waals surface area (Å²) in [5.74, 6) is 2.77. The lowest BCUT2D eigenvalue weighted by atomic mass is 10.0. The van der Waals surface area contributed by atoms with Crippen molar-refractivity contribution in [2.75, 3.05) is 18.0 Å². The van der Waals surface area contributed by atoms with Gasteiger partial charge in [0.15, 0.2) is 0 Å². The molecular formula is C17H20N2O. The van der Waals surface area contributed by atoms with Crippen LogP contribution in [-0.2, 0) is 6.61 Å². The molecule has 2 aromatic rings. The molecule has 1 aromatic heterocycles. The summed E-state index contributed by atoms with van der Waals surface area (Å²) in [6.07, 6.45) is 4.15. The van der Waals surface area contributed by atoms with Gasteiger partial charge in [0.05, 0.1) is 12.1 Å². The van der Waals surface area contributed by atoms with Crippen LogP contribution in [0.3, 0.4) is 0 Å². The van der Waals surface area contributed by atoms with Gasteiger partial charge in [-0.2, -0.15) is 0 Å². The van der Waals surface area contributed by atoms with Crippen molar-refractivity contribution < 1.29 is 5.11 Å². The van der Waals surface area contributed by atoms with Crippen LogP contribution in [0.4, 0.5) is 5.82 Å². The zero-order valence-corrected chi connectivity index (χ0v) is 11.6. The average molecular weight is 268 g/mol. The van der Waals surface area contributed by atoms with Gasteiger partial charge in [-0.25, -0.2) is 4.98 Å². The Morgan fingerprint density at radius 2 is 1.90 bits per heavy atom. The monoisotopic (exact) mass is 268 g/mol. The van der Waals surface area contributed by atoms with Gasteiger partial charge in [0, 0.05) is 18.5 Å². The quantitative estimate of drug-likeness (QED) is 0.909. The van der Waals surface area contributed by atoms with E-state index in [1.165, 1.54) is 19.3 Å². The Morgan fingerprint density at radius 3 is 2.65 bits per heavy atom. The van der Waals surface area contributed by atoms with Crippen LogP contribution >= 0.6 is 0 Å². The van der Waals surface area contributed by atoms with Gasteiger partial charge in [-0.15, -0.1) is 0 Å². The second-order valence-electron chi connectivity index (χ2n) is 6.17. The van der Waals surface area contributed by atoms with E-state index >= 15 is 0 Å². The standard InChI is InChI=1S/C17H20N2O/c20-11-14-8-17(18-16-7-2-1-6-15(14)16)19-9-12-4-3-5-13(12)10-19/h1-2,6-8,12-13,20H,3-5,9-11H2. The van der Waals surface area contributed by atoms with Crippen molar-refractivity contribution in [3.8, 4) is 0 Å². The number of hydrogen-bond donors (Lipinski definition) is 1. The Morgan fingerprint density at radius 1 is 1.15 bits per heavy atom. The third-order valence-corrected chi connectivity index (χ3v) is 5.01. The van der Waals surface area contributed by atoms with E-state index in [0.29, 0.717) is 0 Å². The number of hydrogen-bond acceptors (Lipinski definition) is 3. The first-order valence-corrected chi connectivity index (χ1v) is 7.59. The number of pyridine rings is 1. The summed E-state index contributed by atoms with van der Waals surface area (Å²) in [6.45, 7) is 2.36. The Bertz CT molecular complexity index is 628. The molecule has 3 heteroatoms. The zero-order valence-electron chi connectivity index (χ0n) is 11.6. The summed E-state index contributed by atoms with van der Waals surface area (Å²) >= 11 is 0. The van der Waals surface area contributed by atoms with Gasteiger partial charge >= 0.3 is 0 Å². The normalized spacial score (nSPS) is 25.4. The number of aliphatic hydroxyl groups excluding tert-OH is 1. The van der Waals surface area contributed by atoms with E-state index in [1.807, 2.05) is 24.3 Å². The lowest BCUT2D eigenvalue weighted by Crippen LogP contribution is -2.22. The van der Waals surface area contributed by atoms with Crippen molar-refractivity contribution in [2.24, 2.45) is 11.8 Å². The number of para-hydroxylation sites is 1. The van der Waals surface area contributed by atoms with Gasteiger partial charge in [0.1, 0.15) is 5.82 Å². The SMILES string of the molecule is OCc1cc(N2CC3CCCC3C2)nc2ccccc12. The third kappa shape index (κ3) is 1.88. The summed E-state index contributed by atoms with van der Waals surface area (Å²) in [5.41, 5.74) is 1.98. The third-order valence-electron chi connectivity index (χ3n) is 5.01. The first-order valence-electron chi connectivity index (χ1n) is 7.59. The molecule has 1 saturated heterocycles. The molecule has 0 spiro atoms. The van der Waals surface area contributed by atoms with Gasteiger partial charge in [0.25, 0.3) is 0 Å². The summed E-state index contributed by atoms with van der Waals surface area (Å²) in [7, 11) is 0. The van der Waals surface area contributed by atoms with Crippen LogP contribution in [0.2, 0.25) is 0 Å². The molecule has 0 amide bonds. The lowest BCUT2D eigenvalue weighted by molar-refractivity contribution is 0.283. The Hall–Kier alpha value is -1.61. The molecule has 1 aliphatic heterocycles. The molecule has 104 valence electrons. The van der Waals surface area contributed by atoms with Gasteiger partial charge < -0.3 is 10.0 Å².